The van der Waals surface area contributed by atoms with Crippen LogP contribution in [0.15, 0.2) is 35.3 Å². The molecule has 0 unspecified atom stereocenters. The molecule has 0 aliphatic carbocycles. The van der Waals surface area contributed by atoms with E-state index in [1.54, 1.807) is 11.3 Å². The summed E-state index contributed by atoms with van der Waals surface area (Å²) >= 11 is 0. The number of H-pyrrole nitrogens is 1. The molecule has 0 saturated carbocycles. The van der Waals surface area contributed by atoms with Crippen molar-refractivity contribution in [3.05, 3.63) is 46.2 Å². The Morgan fingerprint density at radius 3 is 2.84 bits per heavy atom. The fourth-order valence-corrected chi connectivity index (χ4v) is 4.16. The third kappa shape index (κ3) is 3.01. The number of aromatic nitrogens is 4. The minimum absolute atomic E-state index is 0.0480. The number of anilines is 1. The summed E-state index contributed by atoms with van der Waals surface area (Å²) in [4.78, 5) is 40.2. The van der Waals surface area contributed by atoms with Crippen LogP contribution in [-0.2, 0) is 4.74 Å². The lowest BCUT2D eigenvalue weighted by Gasteiger charge is -2.27. The molecule has 1 saturated heterocycles. The molecule has 0 radical (unpaired) electrons. The molecule has 1 fully saturated rings. The Morgan fingerprint density at radius 2 is 2.10 bits per heavy atom. The van der Waals surface area contributed by atoms with Gasteiger partial charge < -0.3 is 14.6 Å². The Bertz CT molecular complexity index is 1430. The Kier molecular flexibility index (Phi) is 4.58. The van der Waals surface area contributed by atoms with E-state index in [9.17, 15) is 9.59 Å². The molecule has 9 nitrogen and oxygen atoms in total. The number of aromatic amines is 1. The average molecular weight is 414 g/mol. The normalized spacial score (nSPS) is 14.3. The Hall–Kier alpha value is -3.87. The number of hydrogen-bond acceptors (Lipinski definition) is 7. The van der Waals surface area contributed by atoms with Crippen molar-refractivity contribution >= 4 is 46.3 Å². The van der Waals surface area contributed by atoms with Gasteiger partial charge in [-0.2, -0.15) is 4.98 Å². The van der Waals surface area contributed by atoms with Crippen molar-refractivity contribution in [3.63, 3.8) is 0 Å². The van der Waals surface area contributed by atoms with Crippen molar-refractivity contribution in [1.82, 2.24) is 19.4 Å². The second-order valence-electron chi connectivity index (χ2n) is 7.55. The van der Waals surface area contributed by atoms with E-state index >= 15 is 0 Å². The first-order chi connectivity index (χ1) is 15.1. The summed E-state index contributed by atoms with van der Waals surface area (Å²) in [6, 6.07) is 7.54. The number of para-hydroxylation sites is 2. The van der Waals surface area contributed by atoms with Gasteiger partial charge >= 0.3 is 5.97 Å². The largest absolute Gasteiger partial charge is 0.462 e. The molecular weight excluding hydrogens is 395 g/mol. The van der Waals surface area contributed by atoms with E-state index in [1.807, 2.05) is 29.2 Å². The minimum Gasteiger partial charge on any atom is -0.462 e. The maximum Gasteiger partial charge on any atom is 0.345 e. The molecule has 0 atom stereocenters. The average Bonchev–Trinajstić information content (AvgIpc) is 3.18. The molecule has 31 heavy (non-hydrogen) atoms. The third-order valence-corrected chi connectivity index (χ3v) is 5.74. The van der Waals surface area contributed by atoms with Gasteiger partial charge in [-0.15, -0.1) is 0 Å². The highest BCUT2D eigenvalue weighted by Gasteiger charge is 2.26. The van der Waals surface area contributed by atoms with Gasteiger partial charge in [0, 0.05) is 25.3 Å². The molecule has 1 aliphatic heterocycles. The zero-order chi connectivity index (χ0) is 21.5. The summed E-state index contributed by atoms with van der Waals surface area (Å²) in [6.45, 7) is 3.26. The lowest BCUT2D eigenvalue weighted by Crippen LogP contribution is -2.37. The van der Waals surface area contributed by atoms with Gasteiger partial charge in [-0.3, -0.25) is 9.20 Å². The SMILES string of the molecule is CCOC(=O)c1c(=O)c2cnc(N3CCB(C#N)CC3)nc2n2c1[nH]c1ccccc12. The van der Waals surface area contributed by atoms with Crippen LogP contribution in [0.2, 0.25) is 12.6 Å². The molecule has 5 rings (SSSR count). The van der Waals surface area contributed by atoms with Crippen molar-refractivity contribution < 1.29 is 9.53 Å². The highest BCUT2D eigenvalue weighted by molar-refractivity contribution is 6.67. The highest BCUT2D eigenvalue weighted by Crippen LogP contribution is 2.25. The molecule has 1 N–H and O–H groups in total. The molecule has 4 aromatic rings. The number of nitrogens with one attached hydrogen (secondary N) is 1. The summed E-state index contributed by atoms with van der Waals surface area (Å²) in [5.41, 5.74) is 1.82. The fraction of sp³-hybridized carbons (Fsp3) is 0.286. The number of carbonyl (C=O) groups excluding carboxylic acids is 1. The Morgan fingerprint density at radius 1 is 1.32 bits per heavy atom. The van der Waals surface area contributed by atoms with Gasteiger partial charge in [0.05, 0.1) is 23.0 Å². The number of imidazole rings is 1. The number of hydrogen-bond donors (Lipinski definition) is 1. The first-order valence-electron chi connectivity index (χ1n) is 10.3. The van der Waals surface area contributed by atoms with Crippen LogP contribution in [-0.4, -0.2) is 51.7 Å². The van der Waals surface area contributed by atoms with Gasteiger partial charge in [0.25, 0.3) is 6.71 Å². The lowest BCUT2D eigenvalue weighted by molar-refractivity contribution is 0.0527. The second kappa shape index (κ2) is 7.43. The van der Waals surface area contributed by atoms with E-state index in [1.165, 1.54) is 6.20 Å². The number of nitrogens with zero attached hydrogens (tertiary/aromatic N) is 5. The summed E-state index contributed by atoms with van der Waals surface area (Å²) in [5, 5.41) is 9.40. The first-order valence-corrected chi connectivity index (χ1v) is 10.3. The Labute approximate surface area is 177 Å². The van der Waals surface area contributed by atoms with Gasteiger partial charge in [-0.05, 0) is 31.7 Å². The molecule has 3 aromatic heterocycles. The standard InChI is InChI=1S/C21H19BN6O3/c1-2-31-20(30)16-17(29)13-11-24-21(27-9-7-22(12-23)8-10-27)26-18(13)28-15-6-4-3-5-14(15)25-19(16)28/h3-6,11,25H,2,7-10H2,1H3. The van der Waals surface area contributed by atoms with Crippen LogP contribution in [0.25, 0.3) is 27.7 Å². The molecule has 1 aliphatic rings. The van der Waals surface area contributed by atoms with Crippen LogP contribution in [0.4, 0.5) is 5.95 Å². The van der Waals surface area contributed by atoms with E-state index in [2.05, 4.69) is 15.9 Å². The van der Waals surface area contributed by atoms with Crippen LogP contribution in [0.5, 0.6) is 0 Å². The predicted octanol–water partition coefficient (Wildman–Crippen LogP) is 2.28. The quantitative estimate of drug-likeness (QED) is 0.404. The van der Waals surface area contributed by atoms with Gasteiger partial charge in [0.15, 0.2) is 5.65 Å². The highest BCUT2D eigenvalue weighted by atomic mass is 16.5. The molecule has 0 spiro atoms. The number of esters is 1. The zero-order valence-electron chi connectivity index (χ0n) is 17.0. The van der Waals surface area contributed by atoms with Crippen molar-refractivity contribution in [3.8, 4) is 5.97 Å². The van der Waals surface area contributed by atoms with Crippen LogP contribution in [0.1, 0.15) is 17.3 Å². The van der Waals surface area contributed by atoms with Crippen molar-refractivity contribution in [2.45, 2.75) is 19.6 Å². The van der Waals surface area contributed by atoms with E-state index in [-0.39, 0.29) is 24.3 Å². The van der Waals surface area contributed by atoms with Gasteiger partial charge in [-0.25, -0.2) is 15.0 Å². The smallest absolute Gasteiger partial charge is 0.345 e. The summed E-state index contributed by atoms with van der Waals surface area (Å²) < 4.78 is 6.94. The van der Waals surface area contributed by atoms with E-state index in [4.69, 9.17) is 15.0 Å². The van der Waals surface area contributed by atoms with Crippen LogP contribution in [0.3, 0.4) is 0 Å². The molecule has 1 aromatic carbocycles. The maximum atomic E-state index is 13.2. The molecular formula is C21H19BN6O3. The first kappa shape index (κ1) is 19.1. The molecule has 10 heteroatoms. The monoisotopic (exact) mass is 414 g/mol. The number of pyridine rings is 1. The number of ether oxygens (including phenoxy) is 1. The lowest BCUT2D eigenvalue weighted by atomic mass is 9.45. The molecule has 0 amide bonds. The maximum absolute atomic E-state index is 13.2. The van der Waals surface area contributed by atoms with E-state index in [0.717, 1.165) is 23.7 Å². The molecule has 154 valence electrons. The topological polar surface area (TPSA) is 116 Å². The summed E-state index contributed by atoms with van der Waals surface area (Å²) in [7, 11) is 0. The fourth-order valence-electron chi connectivity index (χ4n) is 4.16. The van der Waals surface area contributed by atoms with Crippen molar-refractivity contribution in [1.29, 1.82) is 5.26 Å². The van der Waals surface area contributed by atoms with Gasteiger partial charge in [0.1, 0.15) is 11.2 Å². The van der Waals surface area contributed by atoms with Crippen LogP contribution in [0, 0.1) is 11.2 Å². The predicted molar refractivity (Wildman–Crippen MR) is 118 cm³/mol. The Balaban J connectivity index is 1.78. The van der Waals surface area contributed by atoms with E-state index < -0.39 is 11.4 Å². The second-order valence-corrected chi connectivity index (χ2v) is 7.55. The number of nitriles is 1. The molecule has 4 heterocycles. The van der Waals surface area contributed by atoms with Crippen LogP contribution >= 0.6 is 0 Å². The zero-order valence-corrected chi connectivity index (χ0v) is 17.0. The number of rotatable bonds is 3. The van der Waals surface area contributed by atoms with E-state index in [0.29, 0.717) is 30.3 Å². The number of carbonyl (C=O) groups is 1. The summed E-state index contributed by atoms with van der Waals surface area (Å²) in [6.07, 6.45) is 2.98. The number of benzene rings is 1. The minimum atomic E-state index is -0.680. The van der Waals surface area contributed by atoms with Crippen molar-refractivity contribution in [2.75, 3.05) is 24.6 Å². The van der Waals surface area contributed by atoms with Gasteiger partial charge in [-0.1, -0.05) is 12.1 Å². The van der Waals surface area contributed by atoms with Gasteiger partial charge in [0.2, 0.25) is 11.4 Å². The van der Waals surface area contributed by atoms with Crippen LogP contribution < -0.4 is 10.3 Å². The third-order valence-electron chi connectivity index (χ3n) is 5.74. The van der Waals surface area contributed by atoms with Crippen molar-refractivity contribution in [2.24, 2.45) is 0 Å². The number of fused-ring (bicyclic) bond motifs is 5. The molecule has 0 bridgehead atoms. The summed E-state index contributed by atoms with van der Waals surface area (Å²) in [5.74, 6) is 2.15.